The fourth-order valence-corrected chi connectivity index (χ4v) is 4.89. The van der Waals surface area contributed by atoms with Gasteiger partial charge in [-0.2, -0.15) is 0 Å². The number of amides is 2. The van der Waals surface area contributed by atoms with Gasteiger partial charge in [-0.3, -0.25) is 14.4 Å². The van der Waals surface area contributed by atoms with Crippen molar-refractivity contribution in [3.8, 4) is 0 Å². The van der Waals surface area contributed by atoms with Gasteiger partial charge in [0.25, 0.3) is 5.91 Å². The third kappa shape index (κ3) is 7.28. The number of fused-ring (bicyclic) bond motifs is 1. The highest BCUT2D eigenvalue weighted by molar-refractivity contribution is 6.35. The molecule has 0 saturated heterocycles. The lowest BCUT2D eigenvalue weighted by molar-refractivity contribution is -0.133. The summed E-state index contributed by atoms with van der Waals surface area (Å²) in [6, 6.07) is 19.6. The van der Waals surface area contributed by atoms with E-state index >= 15 is 0 Å². The molecule has 3 aromatic carbocycles. The molecule has 1 aromatic heterocycles. The fourth-order valence-electron chi connectivity index (χ4n) is 4.36. The minimum atomic E-state index is -0.332. The van der Waals surface area contributed by atoms with Gasteiger partial charge in [0, 0.05) is 28.7 Å². The first-order valence-corrected chi connectivity index (χ1v) is 13.6. The summed E-state index contributed by atoms with van der Waals surface area (Å²) in [6.07, 6.45) is 2.98. The van der Waals surface area contributed by atoms with Crippen molar-refractivity contribution in [2.24, 2.45) is 0 Å². The Labute approximate surface area is 237 Å². The van der Waals surface area contributed by atoms with Gasteiger partial charge in [0.1, 0.15) is 12.1 Å². The zero-order valence-corrected chi connectivity index (χ0v) is 23.5. The van der Waals surface area contributed by atoms with E-state index in [0.717, 1.165) is 24.0 Å². The molecule has 0 unspecified atom stereocenters. The molecule has 202 valence electrons. The number of unbranched alkanes of at least 4 members (excludes halogenated alkanes) is 1. The number of rotatable bonds is 10. The molecule has 0 aliphatic heterocycles. The van der Waals surface area contributed by atoms with Gasteiger partial charge in [-0.1, -0.05) is 78.5 Å². The Bertz CT molecular complexity index is 1510. The lowest BCUT2D eigenvalue weighted by atomic mass is 10.1. The quantitative estimate of drug-likeness (QED) is 0.210. The third-order valence-electron chi connectivity index (χ3n) is 6.43. The number of hydrogen-bond acceptors (Lipinski definition) is 4. The molecule has 0 saturated carbocycles. The van der Waals surface area contributed by atoms with Crippen LogP contribution in [0.4, 0.5) is 0 Å². The van der Waals surface area contributed by atoms with Crippen molar-refractivity contribution in [2.45, 2.75) is 39.8 Å². The molecule has 8 heteroatoms. The van der Waals surface area contributed by atoms with Crippen molar-refractivity contribution in [2.75, 3.05) is 13.1 Å². The number of nitrogens with zero attached hydrogens (tertiary/aromatic N) is 2. The molecule has 4 rings (SSSR count). The van der Waals surface area contributed by atoms with E-state index in [4.69, 9.17) is 27.6 Å². The summed E-state index contributed by atoms with van der Waals surface area (Å²) < 4.78 is 5.73. The topological polar surface area (TPSA) is 70.8 Å². The molecule has 0 spiro atoms. The van der Waals surface area contributed by atoms with Crippen LogP contribution in [-0.4, -0.2) is 34.7 Å². The van der Waals surface area contributed by atoms with Crippen LogP contribution in [0.25, 0.3) is 11.0 Å². The monoisotopic (exact) mass is 564 g/mol. The van der Waals surface area contributed by atoms with Gasteiger partial charge in [0.2, 0.25) is 5.91 Å². The molecule has 0 atom stereocenters. The highest BCUT2D eigenvalue weighted by Gasteiger charge is 2.24. The predicted molar refractivity (Wildman–Crippen MR) is 155 cm³/mol. The van der Waals surface area contributed by atoms with Gasteiger partial charge in [-0.05, 0) is 49.2 Å². The Morgan fingerprint density at radius 2 is 1.62 bits per heavy atom. The average Bonchev–Trinajstić information content (AvgIpc) is 2.92. The molecular weight excluding hydrogens is 535 g/mol. The van der Waals surface area contributed by atoms with Gasteiger partial charge in [0.15, 0.2) is 5.43 Å². The first-order chi connectivity index (χ1) is 18.7. The van der Waals surface area contributed by atoms with Crippen LogP contribution in [-0.2, 0) is 17.9 Å². The second kappa shape index (κ2) is 13.0. The van der Waals surface area contributed by atoms with Gasteiger partial charge in [-0.25, -0.2) is 0 Å². The minimum Gasteiger partial charge on any atom is -0.464 e. The van der Waals surface area contributed by atoms with Crippen LogP contribution in [0, 0.1) is 6.92 Å². The molecule has 0 fully saturated rings. The van der Waals surface area contributed by atoms with Crippen molar-refractivity contribution in [3.05, 3.63) is 116 Å². The summed E-state index contributed by atoms with van der Waals surface area (Å²) in [7, 11) is 0. The van der Waals surface area contributed by atoms with Crippen LogP contribution >= 0.6 is 23.2 Å². The smallest absolute Gasteiger partial charge is 0.254 e. The molecule has 0 bridgehead atoms. The van der Waals surface area contributed by atoms with Crippen LogP contribution in [0.15, 0.2) is 82.2 Å². The summed E-state index contributed by atoms with van der Waals surface area (Å²) in [5, 5.41) is 1.16. The number of halogens is 2. The number of aryl methyl sites for hydroxylation is 1. The van der Waals surface area contributed by atoms with E-state index in [1.807, 2.05) is 50.2 Å². The number of carbonyl (C=O) groups excluding carboxylic acids is 2. The van der Waals surface area contributed by atoms with Crippen LogP contribution in [0.1, 0.15) is 46.8 Å². The highest BCUT2D eigenvalue weighted by atomic mass is 35.5. The van der Waals surface area contributed by atoms with Gasteiger partial charge in [-0.15, -0.1) is 0 Å². The van der Waals surface area contributed by atoms with Crippen molar-refractivity contribution in [1.29, 1.82) is 0 Å². The maximum atomic E-state index is 13.8. The second-order valence-corrected chi connectivity index (χ2v) is 10.4. The summed E-state index contributed by atoms with van der Waals surface area (Å²) in [4.78, 5) is 43.6. The molecule has 39 heavy (non-hydrogen) atoms. The average molecular weight is 565 g/mol. The van der Waals surface area contributed by atoms with Gasteiger partial charge in [0.05, 0.1) is 23.8 Å². The fraction of sp³-hybridized carbons (Fsp3) is 0.258. The van der Waals surface area contributed by atoms with E-state index in [2.05, 4.69) is 0 Å². The molecule has 6 nitrogen and oxygen atoms in total. The van der Waals surface area contributed by atoms with Crippen molar-refractivity contribution in [3.63, 3.8) is 0 Å². The van der Waals surface area contributed by atoms with E-state index in [0.29, 0.717) is 38.7 Å². The van der Waals surface area contributed by atoms with E-state index < -0.39 is 0 Å². The highest BCUT2D eigenvalue weighted by Crippen LogP contribution is 2.21. The van der Waals surface area contributed by atoms with Gasteiger partial charge >= 0.3 is 0 Å². The first-order valence-electron chi connectivity index (χ1n) is 12.8. The third-order valence-corrected chi connectivity index (χ3v) is 6.87. The first kappa shape index (κ1) is 28.4. The standard InChI is InChI=1S/C31H30Cl2N2O4/c1-3-4-12-34(31(38)23-14-25(32)16-26(33)15-23)19-29(36)35(17-22-8-6-5-7-9-22)18-24-20-39-28-11-10-21(2)13-27(28)30(24)37/h5-11,13-16,20H,3-4,12,17-19H2,1-2H3. The van der Waals surface area contributed by atoms with E-state index in [1.165, 1.54) is 11.2 Å². The maximum absolute atomic E-state index is 13.8. The van der Waals surface area contributed by atoms with Crippen molar-refractivity contribution >= 4 is 46.0 Å². The molecular formula is C31H30Cl2N2O4. The molecule has 0 radical (unpaired) electrons. The zero-order chi connectivity index (χ0) is 27.9. The Hall–Kier alpha value is -3.61. The zero-order valence-electron chi connectivity index (χ0n) is 22.0. The summed E-state index contributed by atoms with van der Waals surface area (Å²) in [5.41, 5.74) is 2.84. The van der Waals surface area contributed by atoms with E-state index in [-0.39, 0.29) is 36.9 Å². The van der Waals surface area contributed by atoms with Gasteiger partial charge < -0.3 is 14.2 Å². The Kier molecular flexibility index (Phi) is 9.44. The minimum absolute atomic E-state index is 0.0404. The van der Waals surface area contributed by atoms with Crippen molar-refractivity contribution < 1.29 is 14.0 Å². The van der Waals surface area contributed by atoms with Crippen LogP contribution in [0.3, 0.4) is 0 Å². The lowest BCUT2D eigenvalue weighted by Crippen LogP contribution is -2.43. The maximum Gasteiger partial charge on any atom is 0.254 e. The number of carbonyl (C=O) groups is 2. The Morgan fingerprint density at radius 1 is 0.897 bits per heavy atom. The summed E-state index contributed by atoms with van der Waals surface area (Å²) >= 11 is 12.3. The normalized spacial score (nSPS) is 11.0. The lowest BCUT2D eigenvalue weighted by Gasteiger charge is -2.28. The SMILES string of the molecule is CCCCN(CC(=O)N(Cc1ccccc1)Cc1coc2ccc(C)cc2c1=O)C(=O)c1cc(Cl)cc(Cl)c1. The second-order valence-electron chi connectivity index (χ2n) is 9.56. The predicted octanol–water partition coefficient (Wildman–Crippen LogP) is 6.88. The van der Waals surface area contributed by atoms with Crippen LogP contribution in [0.2, 0.25) is 10.0 Å². The Balaban J connectivity index is 1.64. The molecule has 4 aromatic rings. The summed E-state index contributed by atoms with van der Waals surface area (Å²) in [6.45, 7) is 4.47. The number of hydrogen-bond donors (Lipinski definition) is 0. The van der Waals surface area contributed by atoms with E-state index in [1.54, 1.807) is 35.2 Å². The molecule has 0 aliphatic carbocycles. The largest absolute Gasteiger partial charge is 0.464 e. The summed E-state index contributed by atoms with van der Waals surface area (Å²) in [5.74, 6) is -0.623. The Morgan fingerprint density at radius 3 is 2.31 bits per heavy atom. The molecule has 0 N–H and O–H groups in total. The molecule has 1 heterocycles. The van der Waals surface area contributed by atoms with Crippen LogP contribution < -0.4 is 5.43 Å². The van der Waals surface area contributed by atoms with Crippen LogP contribution in [0.5, 0.6) is 0 Å². The molecule has 0 aliphatic rings. The van der Waals surface area contributed by atoms with E-state index in [9.17, 15) is 14.4 Å². The number of benzene rings is 3. The molecule has 2 amide bonds. The van der Waals surface area contributed by atoms with Crippen molar-refractivity contribution in [1.82, 2.24) is 9.80 Å².